The third kappa shape index (κ3) is 5.93. The van der Waals surface area contributed by atoms with E-state index in [0.29, 0.717) is 12.1 Å². The molecule has 142 valence electrons. The van der Waals surface area contributed by atoms with Gasteiger partial charge in [-0.15, -0.1) is 12.4 Å². The Labute approximate surface area is 155 Å². The van der Waals surface area contributed by atoms with Gasteiger partial charge in [-0.25, -0.2) is 0 Å². The third-order valence-electron chi connectivity index (χ3n) is 3.51. The Kier molecular flexibility index (Phi) is 7.92. The van der Waals surface area contributed by atoms with Crippen LogP contribution in [0.2, 0.25) is 0 Å². The molecule has 0 fully saturated rings. The summed E-state index contributed by atoms with van der Waals surface area (Å²) in [5.41, 5.74) is 6.00. The van der Waals surface area contributed by atoms with Crippen molar-refractivity contribution < 1.29 is 22.7 Å². The molecule has 0 aliphatic rings. The second-order valence-corrected chi connectivity index (χ2v) is 5.58. The summed E-state index contributed by atoms with van der Waals surface area (Å²) in [6.45, 7) is 1.95. The monoisotopic (exact) mass is 388 g/mol. The van der Waals surface area contributed by atoms with E-state index in [1.807, 2.05) is 0 Å². The zero-order valence-electron chi connectivity index (χ0n) is 14.0. The van der Waals surface area contributed by atoms with Crippen LogP contribution in [0, 0.1) is 0 Å². The smallest absolute Gasteiger partial charge is 0.419 e. The van der Waals surface area contributed by atoms with Crippen LogP contribution < -0.4 is 15.8 Å². The van der Waals surface area contributed by atoms with Crippen LogP contribution in [0.5, 0.6) is 5.75 Å². The third-order valence-corrected chi connectivity index (χ3v) is 3.51. The maximum absolute atomic E-state index is 12.9. The molecule has 1 amide bonds. The molecule has 0 aliphatic carbocycles. The average Bonchev–Trinajstić information content (AvgIpc) is 2.59. The fourth-order valence-electron chi connectivity index (χ4n) is 2.18. The van der Waals surface area contributed by atoms with Gasteiger partial charge in [0.15, 0.2) is 0 Å². The van der Waals surface area contributed by atoms with Crippen LogP contribution in [-0.4, -0.2) is 18.6 Å². The first-order valence-corrected chi connectivity index (χ1v) is 7.70. The van der Waals surface area contributed by atoms with E-state index in [1.54, 1.807) is 31.2 Å². The second kappa shape index (κ2) is 9.45. The van der Waals surface area contributed by atoms with E-state index in [-0.39, 0.29) is 30.7 Å². The van der Waals surface area contributed by atoms with Gasteiger partial charge in [-0.05, 0) is 36.8 Å². The maximum Gasteiger partial charge on any atom is 0.419 e. The fourth-order valence-corrected chi connectivity index (χ4v) is 2.18. The van der Waals surface area contributed by atoms with E-state index < -0.39 is 17.8 Å². The summed E-state index contributed by atoms with van der Waals surface area (Å²) in [5, 5.41) is 2.69. The predicted octanol–water partition coefficient (Wildman–Crippen LogP) is 3.78. The molecular weight excluding hydrogens is 369 g/mol. The van der Waals surface area contributed by atoms with E-state index in [1.165, 1.54) is 18.2 Å². The van der Waals surface area contributed by atoms with Crippen molar-refractivity contribution in [2.75, 3.05) is 6.61 Å². The Bertz CT molecular complexity index is 721. The minimum Gasteiger partial charge on any atom is -0.491 e. The summed E-state index contributed by atoms with van der Waals surface area (Å²) < 4.78 is 44.0. The van der Waals surface area contributed by atoms with Crippen molar-refractivity contribution in [1.29, 1.82) is 0 Å². The van der Waals surface area contributed by atoms with E-state index in [2.05, 4.69) is 5.32 Å². The molecule has 1 atom stereocenters. The van der Waals surface area contributed by atoms with Crippen molar-refractivity contribution in [2.45, 2.75) is 25.7 Å². The molecule has 1 unspecified atom stereocenters. The van der Waals surface area contributed by atoms with Gasteiger partial charge in [0.25, 0.3) is 5.91 Å². The molecule has 0 bridgehead atoms. The van der Waals surface area contributed by atoms with Gasteiger partial charge >= 0.3 is 6.18 Å². The van der Waals surface area contributed by atoms with Gasteiger partial charge < -0.3 is 15.8 Å². The molecule has 2 aromatic carbocycles. The summed E-state index contributed by atoms with van der Waals surface area (Å²) in [4.78, 5) is 12.1. The van der Waals surface area contributed by atoms with Crippen LogP contribution in [0.15, 0.2) is 48.5 Å². The number of hydrogen-bond acceptors (Lipinski definition) is 3. The van der Waals surface area contributed by atoms with Gasteiger partial charge in [0.2, 0.25) is 0 Å². The normalized spacial score (nSPS) is 12.0. The van der Waals surface area contributed by atoms with Crippen molar-refractivity contribution in [3.8, 4) is 5.75 Å². The number of amides is 1. The van der Waals surface area contributed by atoms with Crippen molar-refractivity contribution in [3.63, 3.8) is 0 Å². The van der Waals surface area contributed by atoms with Crippen LogP contribution in [0.3, 0.4) is 0 Å². The largest absolute Gasteiger partial charge is 0.491 e. The molecular formula is C18H20ClF3N2O2. The Morgan fingerprint density at radius 3 is 2.35 bits per heavy atom. The summed E-state index contributed by atoms with van der Waals surface area (Å²) in [7, 11) is 0. The molecule has 0 saturated heterocycles. The highest BCUT2D eigenvalue weighted by atomic mass is 35.5. The molecule has 0 aromatic heterocycles. The number of nitrogens with two attached hydrogens (primary N) is 1. The minimum atomic E-state index is -4.49. The number of hydrogen-bond donors (Lipinski definition) is 2. The lowest BCUT2D eigenvalue weighted by atomic mass is 10.1. The van der Waals surface area contributed by atoms with Crippen LogP contribution in [0.1, 0.15) is 28.4 Å². The number of nitrogens with one attached hydrogen (secondary N) is 1. The molecule has 4 nitrogen and oxygen atoms in total. The number of para-hydroxylation sites is 1. The van der Waals surface area contributed by atoms with Crippen molar-refractivity contribution in [3.05, 3.63) is 65.2 Å². The van der Waals surface area contributed by atoms with Gasteiger partial charge in [-0.2, -0.15) is 13.2 Å². The van der Waals surface area contributed by atoms with Crippen molar-refractivity contribution >= 4 is 18.3 Å². The van der Waals surface area contributed by atoms with Crippen LogP contribution in [0.25, 0.3) is 0 Å². The molecule has 0 aliphatic heterocycles. The first-order chi connectivity index (χ1) is 11.8. The molecule has 2 aromatic rings. The lowest BCUT2D eigenvalue weighted by Crippen LogP contribution is -2.37. The van der Waals surface area contributed by atoms with Gasteiger partial charge in [0.05, 0.1) is 11.6 Å². The predicted molar refractivity (Wildman–Crippen MR) is 95.4 cm³/mol. The Balaban J connectivity index is 0.00000338. The van der Waals surface area contributed by atoms with Crippen LogP contribution in [0.4, 0.5) is 13.2 Å². The number of carbonyl (C=O) groups excluding carboxylic acids is 1. The van der Waals surface area contributed by atoms with E-state index >= 15 is 0 Å². The highest BCUT2D eigenvalue weighted by Gasteiger charge is 2.34. The summed E-state index contributed by atoms with van der Waals surface area (Å²) >= 11 is 0. The SMILES string of the molecule is CC(COc1ccccc1C(F)(F)F)NC(=O)c1ccc(CN)cc1.Cl. The molecule has 26 heavy (non-hydrogen) atoms. The van der Waals surface area contributed by atoms with E-state index in [0.717, 1.165) is 11.6 Å². The number of rotatable bonds is 6. The quantitative estimate of drug-likeness (QED) is 0.791. The Hall–Kier alpha value is -2.25. The number of halogens is 4. The first-order valence-electron chi connectivity index (χ1n) is 7.70. The summed E-state index contributed by atoms with van der Waals surface area (Å²) in [6, 6.07) is 11.3. The fraction of sp³-hybridized carbons (Fsp3) is 0.278. The minimum absolute atomic E-state index is 0. The lowest BCUT2D eigenvalue weighted by molar-refractivity contribution is -0.139. The molecule has 0 spiro atoms. The maximum atomic E-state index is 12.9. The molecule has 8 heteroatoms. The van der Waals surface area contributed by atoms with Crippen molar-refractivity contribution in [2.24, 2.45) is 5.73 Å². The molecule has 0 radical (unpaired) electrons. The Morgan fingerprint density at radius 2 is 1.77 bits per heavy atom. The number of carbonyl (C=O) groups is 1. The molecule has 3 N–H and O–H groups in total. The van der Waals surface area contributed by atoms with E-state index in [9.17, 15) is 18.0 Å². The number of alkyl halides is 3. The van der Waals surface area contributed by atoms with E-state index in [4.69, 9.17) is 10.5 Å². The topological polar surface area (TPSA) is 64.3 Å². The van der Waals surface area contributed by atoms with Gasteiger partial charge in [-0.3, -0.25) is 4.79 Å². The van der Waals surface area contributed by atoms with Crippen molar-refractivity contribution in [1.82, 2.24) is 5.32 Å². The molecule has 2 rings (SSSR count). The standard InChI is InChI=1S/C18H19F3N2O2.ClH/c1-12(23-17(24)14-8-6-13(10-22)7-9-14)11-25-16-5-3-2-4-15(16)18(19,20)21;/h2-9,12H,10-11,22H2,1H3,(H,23,24);1H. The summed E-state index contributed by atoms with van der Waals surface area (Å²) in [6.07, 6.45) is -4.49. The van der Waals surface area contributed by atoms with Gasteiger partial charge in [0, 0.05) is 12.1 Å². The number of benzene rings is 2. The average molecular weight is 389 g/mol. The number of ether oxygens (including phenoxy) is 1. The summed E-state index contributed by atoms with van der Waals surface area (Å²) in [5.74, 6) is -0.591. The lowest BCUT2D eigenvalue weighted by Gasteiger charge is -2.18. The molecule has 0 heterocycles. The first kappa shape index (κ1) is 21.8. The van der Waals surface area contributed by atoms with Gasteiger partial charge in [0.1, 0.15) is 12.4 Å². The van der Waals surface area contributed by atoms with Crippen LogP contribution >= 0.6 is 12.4 Å². The Morgan fingerprint density at radius 1 is 1.15 bits per heavy atom. The highest BCUT2D eigenvalue weighted by Crippen LogP contribution is 2.35. The zero-order chi connectivity index (χ0) is 18.4. The second-order valence-electron chi connectivity index (χ2n) is 5.58. The van der Waals surface area contributed by atoms with Gasteiger partial charge in [-0.1, -0.05) is 24.3 Å². The highest BCUT2D eigenvalue weighted by molar-refractivity contribution is 5.94. The van der Waals surface area contributed by atoms with Crippen LogP contribution in [-0.2, 0) is 12.7 Å². The molecule has 0 saturated carbocycles. The zero-order valence-corrected chi connectivity index (χ0v) is 14.9.